The van der Waals surface area contributed by atoms with Crippen LogP contribution in [0.5, 0.6) is 0 Å². The highest BCUT2D eigenvalue weighted by molar-refractivity contribution is 5.65. The molecule has 0 aromatic carbocycles. The predicted octanol–water partition coefficient (Wildman–Crippen LogP) is 3.23. The number of pyridine rings is 2. The first-order valence-electron chi connectivity index (χ1n) is 5.54. The van der Waals surface area contributed by atoms with Crippen molar-refractivity contribution < 1.29 is 13.2 Å². The van der Waals surface area contributed by atoms with Gasteiger partial charge in [0.25, 0.3) is 0 Å². The lowest BCUT2D eigenvalue weighted by molar-refractivity contribution is -0.137. The van der Waals surface area contributed by atoms with Crippen molar-refractivity contribution in [3.05, 3.63) is 42.4 Å². The van der Waals surface area contributed by atoms with Gasteiger partial charge in [0, 0.05) is 43.8 Å². The second kappa shape index (κ2) is 4.87. The van der Waals surface area contributed by atoms with Crippen molar-refractivity contribution >= 4 is 5.82 Å². The highest BCUT2D eigenvalue weighted by Crippen LogP contribution is 2.36. The van der Waals surface area contributed by atoms with Crippen LogP contribution < -0.4 is 4.90 Å². The average molecular weight is 267 g/mol. The van der Waals surface area contributed by atoms with E-state index in [-0.39, 0.29) is 5.82 Å². The largest absolute Gasteiger partial charge is 0.419 e. The van der Waals surface area contributed by atoms with Crippen molar-refractivity contribution in [2.24, 2.45) is 0 Å². The van der Waals surface area contributed by atoms with E-state index >= 15 is 0 Å². The molecule has 2 heterocycles. The Kier molecular flexibility index (Phi) is 3.42. The van der Waals surface area contributed by atoms with E-state index in [4.69, 9.17) is 0 Å². The van der Waals surface area contributed by atoms with Gasteiger partial charge < -0.3 is 4.90 Å². The molecule has 0 spiro atoms. The topological polar surface area (TPSA) is 29.0 Å². The van der Waals surface area contributed by atoms with Gasteiger partial charge in [-0.1, -0.05) is 6.07 Å². The minimum Gasteiger partial charge on any atom is -0.362 e. The summed E-state index contributed by atoms with van der Waals surface area (Å²) >= 11 is 0. The molecule has 19 heavy (non-hydrogen) atoms. The van der Waals surface area contributed by atoms with Gasteiger partial charge in [0.05, 0.1) is 5.56 Å². The Balaban J connectivity index is 2.57. The number of halogens is 3. The summed E-state index contributed by atoms with van der Waals surface area (Å²) in [6, 6.07) is 4.46. The molecular formula is C13H12F3N3. The van der Waals surface area contributed by atoms with Crippen LogP contribution in [-0.2, 0) is 6.18 Å². The van der Waals surface area contributed by atoms with Gasteiger partial charge in [0.2, 0.25) is 0 Å². The van der Waals surface area contributed by atoms with E-state index in [2.05, 4.69) is 9.97 Å². The first-order chi connectivity index (χ1) is 8.89. The summed E-state index contributed by atoms with van der Waals surface area (Å²) in [6.07, 6.45) is 0.0503. The summed E-state index contributed by atoms with van der Waals surface area (Å²) in [7, 11) is 3.06. The standard InChI is InChI=1S/C13H12F3N3/c1-19(2)12-11(13(14,15)16)6-10(8-18-12)9-4-3-5-17-7-9/h3-8H,1-2H3. The van der Waals surface area contributed by atoms with Gasteiger partial charge in [-0.2, -0.15) is 13.2 Å². The van der Waals surface area contributed by atoms with Crippen molar-refractivity contribution in [1.82, 2.24) is 9.97 Å². The Labute approximate surface area is 108 Å². The SMILES string of the molecule is CN(C)c1ncc(-c2cccnc2)cc1C(F)(F)F. The van der Waals surface area contributed by atoms with Crippen molar-refractivity contribution in [3.8, 4) is 11.1 Å². The number of alkyl halides is 3. The highest BCUT2D eigenvalue weighted by atomic mass is 19.4. The fourth-order valence-electron chi connectivity index (χ4n) is 1.71. The van der Waals surface area contributed by atoms with Crippen LogP contribution in [0, 0.1) is 0 Å². The summed E-state index contributed by atoms with van der Waals surface area (Å²) < 4.78 is 39.1. The van der Waals surface area contributed by atoms with Crippen molar-refractivity contribution in [2.75, 3.05) is 19.0 Å². The van der Waals surface area contributed by atoms with Crippen LogP contribution in [0.2, 0.25) is 0 Å². The van der Waals surface area contributed by atoms with Crippen LogP contribution in [0.4, 0.5) is 19.0 Å². The Morgan fingerprint density at radius 1 is 1.11 bits per heavy atom. The summed E-state index contributed by atoms with van der Waals surface area (Å²) in [4.78, 5) is 9.13. The monoisotopic (exact) mass is 267 g/mol. The van der Waals surface area contributed by atoms with Gasteiger partial charge in [-0.3, -0.25) is 4.98 Å². The molecule has 3 nitrogen and oxygen atoms in total. The summed E-state index contributed by atoms with van der Waals surface area (Å²) in [5.74, 6) is -0.0971. The second-order valence-corrected chi connectivity index (χ2v) is 4.23. The van der Waals surface area contributed by atoms with E-state index in [0.29, 0.717) is 11.1 Å². The van der Waals surface area contributed by atoms with Gasteiger partial charge in [-0.25, -0.2) is 4.98 Å². The maximum absolute atomic E-state index is 13.0. The Morgan fingerprint density at radius 2 is 1.84 bits per heavy atom. The molecule has 0 bridgehead atoms. The fraction of sp³-hybridized carbons (Fsp3) is 0.231. The first-order valence-corrected chi connectivity index (χ1v) is 5.54. The van der Waals surface area contributed by atoms with Crippen LogP contribution in [0.1, 0.15) is 5.56 Å². The number of anilines is 1. The lowest BCUT2D eigenvalue weighted by atomic mass is 10.1. The Hall–Kier alpha value is -2.11. The van der Waals surface area contributed by atoms with Crippen molar-refractivity contribution in [1.29, 1.82) is 0 Å². The Bertz CT molecular complexity index is 565. The summed E-state index contributed by atoms with van der Waals surface area (Å²) in [5.41, 5.74) is 0.246. The van der Waals surface area contributed by atoms with Gasteiger partial charge >= 0.3 is 6.18 Å². The molecule has 0 saturated heterocycles. The molecule has 2 aromatic heterocycles. The molecule has 0 radical (unpaired) electrons. The van der Waals surface area contributed by atoms with E-state index in [0.717, 1.165) is 6.07 Å². The second-order valence-electron chi connectivity index (χ2n) is 4.23. The molecule has 2 aromatic rings. The molecule has 0 amide bonds. The lowest BCUT2D eigenvalue weighted by Gasteiger charge is -2.18. The van der Waals surface area contributed by atoms with Crippen LogP contribution in [0.3, 0.4) is 0 Å². The number of rotatable bonds is 2. The molecule has 0 aliphatic rings. The normalized spacial score (nSPS) is 11.4. The van der Waals surface area contributed by atoms with Crippen LogP contribution in [-0.4, -0.2) is 24.1 Å². The molecule has 2 rings (SSSR count). The van der Waals surface area contributed by atoms with Gasteiger partial charge in [-0.05, 0) is 12.1 Å². The lowest BCUT2D eigenvalue weighted by Crippen LogP contribution is -2.18. The number of nitrogens with zero attached hydrogens (tertiary/aromatic N) is 3. The third-order valence-corrected chi connectivity index (χ3v) is 2.59. The van der Waals surface area contributed by atoms with Crippen LogP contribution >= 0.6 is 0 Å². The maximum atomic E-state index is 13.0. The molecule has 0 aliphatic carbocycles. The zero-order valence-corrected chi connectivity index (χ0v) is 10.4. The molecule has 0 unspecified atom stereocenters. The maximum Gasteiger partial charge on any atom is 0.419 e. The zero-order chi connectivity index (χ0) is 14.0. The fourth-order valence-corrected chi connectivity index (χ4v) is 1.71. The Morgan fingerprint density at radius 3 is 2.37 bits per heavy atom. The third kappa shape index (κ3) is 2.83. The van der Waals surface area contributed by atoms with E-state index in [1.807, 2.05) is 0 Å². The quantitative estimate of drug-likeness (QED) is 0.836. The molecule has 0 atom stereocenters. The minimum absolute atomic E-state index is 0.0971. The third-order valence-electron chi connectivity index (χ3n) is 2.59. The van der Waals surface area contributed by atoms with E-state index in [1.165, 1.54) is 31.4 Å². The van der Waals surface area contributed by atoms with Crippen LogP contribution in [0.15, 0.2) is 36.8 Å². The van der Waals surface area contributed by atoms with E-state index < -0.39 is 11.7 Å². The number of aromatic nitrogens is 2. The number of hydrogen-bond donors (Lipinski definition) is 0. The van der Waals surface area contributed by atoms with E-state index in [1.54, 1.807) is 18.3 Å². The zero-order valence-electron chi connectivity index (χ0n) is 10.4. The van der Waals surface area contributed by atoms with Gasteiger partial charge in [0.15, 0.2) is 0 Å². The molecule has 6 heteroatoms. The summed E-state index contributed by atoms with van der Waals surface area (Å²) in [5, 5.41) is 0. The first kappa shape index (κ1) is 13.3. The van der Waals surface area contributed by atoms with Gasteiger partial charge in [0.1, 0.15) is 5.82 Å². The molecule has 0 saturated carbocycles. The molecule has 0 aliphatic heterocycles. The van der Waals surface area contributed by atoms with Gasteiger partial charge in [-0.15, -0.1) is 0 Å². The van der Waals surface area contributed by atoms with Crippen molar-refractivity contribution in [2.45, 2.75) is 6.18 Å². The smallest absolute Gasteiger partial charge is 0.362 e. The van der Waals surface area contributed by atoms with E-state index in [9.17, 15) is 13.2 Å². The molecule has 0 fully saturated rings. The molecule has 100 valence electrons. The van der Waals surface area contributed by atoms with Crippen molar-refractivity contribution in [3.63, 3.8) is 0 Å². The predicted molar refractivity (Wildman–Crippen MR) is 66.8 cm³/mol. The number of hydrogen-bond acceptors (Lipinski definition) is 3. The summed E-state index contributed by atoms with van der Waals surface area (Å²) in [6.45, 7) is 0. The average Bonchev–Trinajstić information content (AvgIpc) is 2.38. The highest BCUT2D eigenvalue weighted by Gasteiger charge is 2.35. The van der Waals surface area contributed by atoms with Crippen LogP contribution in [0.25, 0.3) is 11.1 Å². The molecule has 0 N–H and O–H groups in total. The molecular weight excluding hydrogens is 255 g/mol. The minimum atomic E-state index is -4.44.